The van der Waals surface area contributed by atoms with Gasteiger partial charge in [0.25, 0.3) is 0 Å². The van der Waals surface area contributed by atoms with Crippen LogP contribution in [0.1, 0.15) is 81.7 Å². The average molecular weight is 698 g/mol. The zero-order chi connectivity index (χ0) is 36.4. The van der Waals surface area contributed by atoms with Crippen molar-refractivity contribution in [2.75, 3.05) is 26.2 Å². The topological polar surface area (TPSA) is 63.3 Å². The minimum absolute atomic E-state index is 0.180. The summed E-state index contributed by atoms with van der Waals surface area (Å²) in [4.78, 5) is 16.7. The average Bonchev–Trinajstić information content (AvgIpc) is 3.12. The van der Waals surface area contributed by atoms with Crippen molar-refractivity contribution in [3.63, 3.8) is 0 Å². The number of carbonyl (C=O) groups excluding carboxylic acids is 1. The summed E-state index contributed by atoms with van der Waals surface area (Å²) in [6.45, 7) is 15.7. The summed E-state index contributed by atoms with van der Waals surface area (Å²) in [6.07, 6.45) is 7.30. The standard InChI is InChI=1S/C41H50FN3O4.C2H6/c1-29-23-33(16-15-32-24-34(25-32)44-19-21-45(22-20-44)40(46)49-41(2,3)4)37(42)26-36(29)35-17-18-38(47-27-30-11-7-5-8-12-30)43-39(35)48-28-31-13-9-6-10-14-31;1-2/h5-14,17-18,23,26,32,34,38,43H,15-16,19-22,24-25,27-28H2,1-4H3;1-2H3. The Bertz CT molecular complexity index is 1620. The van der Waals surface area contributed by atoms with Crippen molar-refractivity contribution in [1.29, 1.82) is 0 Å². The van der Waals surface area contributed by atoms with E-state index >= 15 is 4.39 Å². The quantitative estimate of drug-likeness (QED) is 0.216. The summed E-state index contributed by atoms with van der Waals surface area (Å²) in [5.74, 6) is 0.986. The van der Waals surface area contributed by atoms with Crippen molar-refractivity contribution in [3.8, 4) is 0 Å². The number of halogens is 1. The third kappa shape index (κ3) is 10.7. The Morgan fingerprint density at radius 3 is 2.16 bits per heavy atom. The monoisotopic (exact) mass is 697 g/mol. The van der Waals surface area contributed by atoms with E-state index in [4.69, 9.17) is 14.2 Å². The Balaban J connectivity index is 0.00000248. The Morgan fingerprint density at radius 1 is 0.902 bits per heavy atom. The fraction of sp³-hybridized carbons (Fsp3) is 0.465. The van der Waals surface area contributed by atoms with Crippen LogP contribution in [0.15, 0.2) is 90.8 Å². The molecule has 2 heterocycles. The van der Waals surface area contributed by atoms with E-state index in [1.807, 2.05) is 125 Å². The number of nitrogens with one attached hydrogen (secondary N) is 1. The lowest BCUT2D eigenvalue weighted by molar-refractivity contribution is -0.00243. The van der Waals surface area contributed by atoms with Gasteiger partial charge in [-0.1, -0.05) is 80.6 Å². The highest BCUT2D eigenvalue weighted by atomic mass is 19.1. The first-order valence-electron chi connectivity index (χ1n) is 18.6. The van der Waals surface area contributed by atoms with E-state index in [1.165, 1.54) is 0 Å². The molecule has 3 aromatic carbocycles. The number of hydrogen-bond acceptors (Lipinski definition) is 6. The third-order valence-corrected chi connectivity index (χ3v) is 9.65. The Labute approximate surface area is 304 Å². The predicted octanol–water partition coefficient (Wildman–Crippen LogP) is 9.01. The van der Waals surface area contributed by atoms with E-state index in [2.05, 4.69) is 10.2 Å². The number of nitrogens with zero attached hydrogens (tertiary/aromatic N) is 2. The van der Waals surface area contributed by atoms with E-state index in [1.54, 1.807) is 6.07 Å². The Hall–Kier alpha value is -4.14. The SMILES string of the molecule is CC.Cc1cc(CCC2CC(N3CCN(C(=O)OC(C)(C)C)CC3)C2)c(F)cc1C1=C(OCc2ccccc2)NC(OCc2ccccc2)C=C1. The third-order valence-electron chi connectivity index (χ3n) is 9.65. The normalized spacial score (nSPS) is 20.5. The molecule has 51 heavy (non-hydrogen) atoms. The van der Waals surface area contributed by atoms with Gasteiger partial charge in [0.2, 0.25) is 0 Å². The van der Waals surface area contributed by atoms with E-state index in [0.717, 1.165) is 72.2 Å². The van der Waals surface area contributed by atoms with Gasteiger partial charge in [-0.3, -0.25) is 4.90 Å². The molecule has 1 unspecified atom stereocenters. The molecule has 0 bridgehead atoms. The summed E-state index contributed by atoms with van der Waals surface area (Å²) >= 11 is 0. The van der Waals surface area contributed by atoms with Crippen molar-refractivity contribution in [3.05, 3.63) is 124 Å². The number of benzene rings is 3. The second-order valence-corrected chi connectivity index (χ2v) is 14.5. The molecule has 1 aliphatic carbocycles. The van der Waals surface area contributed by atoms with Crippen molar-refractivity contribution in [1.82, 2.24) is 15.1 Å². The number of amides is 1. The first kappa shape index (κ1) is 38.1. The van der Waals surface area contributed by atoms with Crippen molar-refractivity contribution in [2.45, 2.75) is 98.3 Å². The molecule has 1 saturated carbocycles. The molecule has 3 aliphatic rings. The molecule has 0 aromatic heterocycles. The van der Waals surface area contributed by atoms with Crippen LogP contribution < -0.4 is 5.32 Å². The Kier molecular flexibility index (Phi) is 13.4. The number of carbonyl (C=O) groups is 1. The van der Waals surface area contributed by atoms with E-state index in [-0.39, 0.29) is 18.1 Å². The van der Waals surface area contributed by atoms with Gasteiger partial charge in [0.1, 0.15) is 24.3 Å². The Morgan fingerprint density at radius 2 is 1.53 bits per heavy atom. The molecular weight excluding hydrogens is 641 g/mol. The summed E-state index contributed by atoms with van der Waals surface area (Å²) in [6, 6.07) is 24.3. The van der Waals surface area contributed by atoms with Crippen LogP contribution in [0.2, 0.25) is 0 Å². The number of allylic oxidation sites excluding steroid dienone is 2. The molecule has 1 saturated heterocycles. The number of rotatable bonds is 11. The van der Waals surface area contributed by atoms with Crippen LogP contribution in [0.3, 0.4) is 0 Å². The second kappa shape index (κ2) is 17.9. The van der Waals surface area contributed by atoms with Crippen LogP contribution in [-0.4, -0.2) is 59.9 Å². The molecule has 274 valence electrons. The van der Waals surface area contributed by atoms with Crippen LogP contribution in [0.4, 0.5) is 9.18 Å². The molecular formula is C43H56FN3O4. The highest BCUT2D eigenvalue weighted by Gasteiger charge is 2.36. The van der Waals surface area contributed by atoms with Gasteiger partial charge in [0, 0.05) is 37.8 Å². The minimum atomic E-state index is -0.475. The van der Waals surface area contributed by atoms with Gasteiger partial charge in [-0.15, -0.1) is 0 Å². The molecule has 1 amide bonds. The molecule has 6 rings (SSSR count). The predicted molar refractivity (Wildman–Crippen MR) is 202 cm³/mol. The van der Waals surface area contributed by atoms with Gasteiger partial charge in [0.05, 0.1) is 6.61 Å². The van der Waals surface area contributed by atoms with Gasteiger partial charge >= 0.3 is 6.09 Å². The van der Waals surface area contributed by atoms with Crippen LogP contribution >= 0.6 is 0 Å². The highest BCUT2D eigenvalue weighted by Crippen LogP contribution is 2.37. The maximum atomic E-state index is 15.7. The fourth-order valence-corrected chi connectivity index (χ4v) is 6.85. The second-order valence-electron chi connectivity index (χ2n) is 14.5. The molecule has 0 spiro atoms. The van der Waals surface area contributed by atoms with Gasteiger partial charge < -0.3 is 24.4 Å². The van der Waals surface area contributed by atoms with Gasteiger partial charge in [0.15, 0.2) is 5.88 Å². The zero-order valence-corrected chi connectivity index (χ0v) is 31.3. The number of aryl methyl sites for hydroxylation is 2. The lowest BCUT2D eigenvalue weighted by Gasteiger charge is -2.46. The molecule has 1 atom stereocenters. The van der Waals surface area contributed by atoms with Crippen LogP contribution in [-0.2, 0) is 33.8 Å². The summed E-state index contributed by atoms with van der Waals surface area (Å²) in [5, 5.41) is 3.40. The van der Waals surface area contributed by atoms with Crippen LogP contribution in [0.5, 0.6) is 0 Å². The minimum Gasteiger partial charge on any atom is -0.474 e. The number of dihydropyridines is 1. The lowest BCUT2D eigenvalue weighted by atomic mass is 9.76. The van der Waals surface area contributed by atoms with Gasteiger partial charge in [-0.25, -0.2) is 9.18 Å². The zero-order valence-electron chi connectivity index (χ0n) is 31.3. The molecule has 7 nitrogen and oxygen atoms in total. The smallest absolute Gasteiger partial charge is 0.410 e. The van der Waals surface area contributed by atoms with E-state index < -0.39 is 5.60 Å². The van der Waals surface area contributed by atoms with Gasteiger partial charge in [-0.05, 0) is 105 Å². The molecule has 2 aliphatic heterocycles. The number of piperazine rings is 1. The fourth-order valence-electron chi connectivity index (χ4n) is 6.85. The summed E-state index contributed by atoms with van der Waals surface area (Å²) in [5.41, 5.74) is 5.05. The van der Waals surface area contributed by atoms with Crippen LogP contribution in [0, 0.1) is 18.7 Å². The number of ether oxygens (including phenoxy) is 3. The first-order chi connectivity index (χ1) is 24.6. The van der Waals surface area contributed by atoms with Crippen molar-refractivity contribution < 1.29 is 23.4 Å². The van der Waals surface area contributed by atoms with E-state index in [9.17, 15) is 4.79 Å². The highest BCUT2D eigenvalue weighted by molar-refractivity contribution is 5.78. The molecule has 0 radical (unpaired) electrons. The lowest BCUT2D eigenvalue weighted by Crippen LogP contribution is -2.55. The molecule has 1 N–H and O–H groups in total. The van der Waals surface area contributed by atoms with E-state index in [0.29, 0.717) is 44.1 Å². The maximum Gasteiger partial charge on any atom is 0.410 e. The van der Waals surface area contributed by atoms with Crippen LogP contribution in [0.25, 0.3) is 5.57 Å². The summed E-state index contributed by atoms with van der Waals surface area (Å²) < 4.78 is 33.7. The van der Waals surface area contributed by atoms with Crippen molar-refractivity contribution >= 4 is 11.7 Å². The maximum absolute atomic E-state index is 15.7. The first-order valence-corrected chi connectivity index (χ1v) is 18.6. The van der Waals surface area contributed by atoms with Crippen molar-refractivity contribution in [2.24, 2.45) is 5.92 Å². The molecule has 2 fully saturated rings. The number of hydrogen-bond donors (Lipinski definition) is 1. The van der Waals surface area contributed by atoms with Gasteiger partial charge in [-0.2, -0.15) is 0 Å². The summed E-state index contributed by atoms with van der Waals surface area (Å²) in [7, 11) is 0. The molecule has 3 aromatic rings. The largest absolute Gasteiger partial charge is 0.474 e. The molecule has 8 heteroatoms.